The van der Waals surface area contributed by atoms with Gasteiger partial charge >= 0.3 is 0 Å². The number of benzene rings is 1. The van der Waals surface area contributed by atoms with Crippen molar-refractivity contribution in [3.63, 3.8) is 0 Å². The van der Waals surface area contributed by atoms with Gasteiger partial charge in [0, 0.05) is 30.1 Å². The Morgan fingerprint density at radius 2 is 2.08 bits per heavy atom. The van der Waals surface area contributed by atoms with Gasteiger partial charge in [-0.1, -0.05) is 11.8 Å². The molecule has 2 aliphatic rings. The van der Waals surface area contributed by atoms with Crippen LogP contribution in [0.3, 0.4) is 0 Å². The van der Waals surface area contributed by atoms with E-state index >= 15 is 0 Å². The van der Waals surface area contributed by atoms with Crippen LogP contribution in [0.4, 0.5) is 4.79 Å². The monoisotopic (exact) mass is 345 g/mol. The molecule has 2 fully saturated rings. The molecule has 1 aromatic carbocycles. The predicted molar refractivity (Wildman–Crippen MR) is 89.2 cm³/mol. The summed E-state index contributed by atoms with van der Waals surface area (Å²) in [6.45, 7) is 0.769. The Bertz CT molecular complexity index is 840. The number of rotatable bonds is 3. The highest BCUT2D eigenvalue weighted by Crippen LogP contribution is 2.28. The van der Waals surface area contributed by atoms with Crippen LogP contribution in [0.5, 0.6) is 5.75 Å². The van der Waals surface area contributed by atoms with E-state index in [1.807, 2.05) is 18.2 Å². The largest absolute Gasteiger partial charge is 0.497 e. The second-order valence-electron chi connectivity index (χ2n) is 5.82. The lowest BCUT2D eigenvalue weighted by Gasteiger charge is -2.42. The summed E-state index contributed by atoms with van der Waals surface area (Å²) >= 11 is 1.02. The second-order valence-corrected chi connectivity index (χ2v) is 6.75. The van der Waals surface area contributed by atoms with Gasteiger partial charge in [0.15, 0.2) is 0 Å². The lowest BCUT2D eigenvalue weighted by Crippen LogP contribution is -2.62. The van der Waals surface area contributed by atoms with Crippen molar-refractivity contribution < 1.29 is 19.1 Å². The number of thioether (sulfide) groups is 1. The number of H-pyrrole nitrogens is 1. The standard InChI is InChI=1S/C16H15N3O4S/c1-23-11-3-2-9-4-13(17-12(9)5-11)15(21)18-6-10(7-18)19-14(20)8-24-16(19)22/h2-5,10,17H,6-8H2,1H3. The normalized spacial score (nSPS) is 18.4. The average molecular weight is 345 g/mol. The first-order chi connectivity index (χ1) is 11.6. The van der Waals surface area contributed by atoms with Crippen LogP contribution in [-0.2, 0) is 4.79 Å². The van der Waals surface area contributed by atoms with Gasteiger partial charge in [0.05, 0.1) is 18.9 Å². The molecule has 2 aromatic rings. The van der Waals surface area contributed by atoms with Crippen LogP contribution in [0.15, 0.2) is 24.3 Å². The Kier molecular flexibility index (Phi) is 3.49. The zero-order chi connectivity index (χ0) is 16.8. The number of aromatic amines is 1. The molecule has 8 heteroatoms. The third-order valence-electron chi connectivity index (χ3n) is 4.36. The molecule has 124 valence electrons. The van der Waals surface area contributed by atoms with Gasteiger partial charge in [-0.05, 0) is 18.2 Å². The van der Waals surface area contributed by atoms with Crippen molar-refractivity contribution in [2.75, 3.05) is 26.0 Å². The molecular weight excluding hydrogens is 330 g/mol. The van der Waals surface area contributed by atoms with E-state index < -0.39 is 0 Å². The number of ether oxygens (including phenoxy) is 1. The summed E-state index contributed by atoms with van der Waals surface area (Å²) < 4.78 is 5.18. The topological polar surface area (TPSA) is 82.7 Å². The van der Waals surface area contributed by atoms with Gasteiger partial charge in [-0.3, -0.25) is 19.3 Å². The molecule has 0 atom stereocenters. The average Bonchev–Trinajstić information content (AvgIpc) is 3.10. The molecule has 3 amide bonds. The molecule has 0 bridgehead atoms. The van der Waals surface area contributed by atoms with Gasteiger partial charge in [0.25, 0.3) is 11.1 Å². The lowest BCUT2D eigenvalue weighted by atomic mass is 10.1. The number of fused-ring (bicyclic) bond motifs is 1. The lowest BCUT2D eigenvalue weighted by molar-refractivity contribution is -0.128. The van der Waals surface area contributed by atoms with Gasteiger partial charge in [-0.2, -0.15) is 0 Å². The molecule has 1 aromatic heterocycles. The summed E-state index contributed by atoms with van der Waals surface area (Å²) in [6, 6.07) is 7.16. The Morgan fingerprint density at radius 1 is 1.29 bits per heavy atom. The van der Waals surface area contributed by atoms with E-state index in [1.54, 1.807) is 18.1 Å². The first-order valence-electron chi connectivity index (χ1n) is 7.51. The molecule has 4 rings (SSSR count). The summed E-state index contributed by atoms with van der Waals surface area (Å²) in [5, 5.41) is 0.715. The van der Waals surface area contributed by atoms with Crippen molar-refractivity contribution in [1.29, 1.82) is 0 Å². The molecular formula is C16H15N3O4S. The smallest absolute Gasteiger partial charge is 0.289 e. The quantitative estimate of drug-likeness (QED) is 0.915. The van der Waals surface area contributed by atoms with Crippen LogP contribution in [-0.4, -0.2) is 63.8 Å². The minimum Gasteiger partial charge on any atom is -0.497 e. The zero-order valence-electron chi connectivity index (χ0n) is 12.9. The molecule has 0 unspecified atom stereocenters. The number of amides is 3. The number of hydrogen-bond donors (Lipinski definition) is 1. The SMILES string of the molecule is COc1ccc2cc(C(=O)N3CC(N4C(=O)CSC4=O)C3)[nH]c2c1. The molecule has 7 nitrogen and oxygen atoms in total. The van der Waals surface area contributed by atoms with E-state index in [-0.39, 0.29) is 28.8 Å². The summed E-state index contributed by atoms with van der Waals surface area (Å²) in [4.78, 5) is 42.0. The highest BCUT2D eigenvalue weighted by atomic mass is 32.2. The van der Waals surface area contributed by atoms with Crippen LogP contribution in [0.2, 0.25) is 0 Å². The minimum absolute atomic E-state index is 0.131. The Hall–Kier alpha value is -2.48. The van der Waals surface area contributed by atoms with Gasteiger partial charge in [0.2, 0.25) is 5.91 Å². The van der Waals surface area contributed by atoms with Crippen molar-refractivity contribution in [2.24, 2.45) is 0 Å². The number of carbonyl (C=O) groups excluding carboxylic acids is 3. The van der Waals surface area contributed by atoms with Crippen LogP contribution in [0.25, 0.3) is 10.9 Å². The molecule has 24 heavy (non-hydrogen) atoms. The van der Waals surface area contributed by atoms with Gasteiger partial charge in [0.1, 0.15) is 11.4 Å². The number of hydrogen-bond acceptors (Lipinski definition) is 5. The first-order valence-corrected chi connectivity index (χ1v) is 8.50. The third kappa shape index (κ3) is 2.34. The number of likely N-dealkylation sites (tertiary alicyclic amines) is 1. The highest BCUT2D eigenvalue weighted by Gasteiger charge is 2.43. The number of carbonyl (C=O) groups is 3. The third-order valence-corrected chi connectivity index (χ3v) is 5.19. The van der Waals surface area contributed by atoms with E-state index in [0.717, 1.165) is 28.4 Å². The number of nitrogens with zero attached hydrogens (tertiary/aromatic N) is 2. The second kappa shape index (κ2) is 5.55. The maximum atomic E-state index is 12.5. The Morgan fingerprint density at radius 3 is 2.75 bits per heavy atom. The van der Waals surface area contributed by atoms with E-state index in [1.165, 1.54) is 4.90 Å². The van der Waals surface area contributed by atoms with Crippen molar-refractivity contribution in [1.82, 2.24) is 14.8 Å². The van der Waals surface area contributed by atoms with Crippen LogP contribution in [0, 0.1) is 0 Å². The van der Waals surface area contributed by atoms with E-state index in [0.29, 0.717) is 18.8 Å². The van der Waals surface area contributed by atoms with Crippen molar-refractivity contribution in [3.8, 4) is 5.75 Å². The van der Waals surface area contributed by atoms with Gasteiger partial charge in [-0.15, -0.1) is 0 Å². The van der Waals surface area contributed by atoms with Crippen molar-refractivity contribution >= 4 is 39.7 Å². The van der Waals surface area contributed by atoms with E-state index in [2.05, 4.69) is 4.98 Å². The number of aromatic nitrogens is 1. The van der Waals surface area contributed by atoms with Crippen molar-refractivity contribution in [2.45, 2.75) is 6.04 Å². The molecule has 0 saturated carbocycles. The van der Waals surface area contributed by atoms with E-state index in [9.17, 15) is 14.4 Å². The van der Waals surface area contributed by atoms with Gasteiger partial charge < -0.3 is 14.6 Å². The predicted octanol–water partition coefficient (Wildman–Crippen LogP) is 1.70. The summed E-state index contributed by atoms with van der Waals surface area (Å²) in [6.07, 6.45) is 0. The molecule has 0 radical (unpaired) electrons. The molecule has 1 N–H and O–H groups in total. The van der Waals surface area contributed by atoms with Crippen LogP contribution in [0.1, 0.15) is 10.5 Å². The summed E-state index contributed by atoms with van der Waals surface area (Å²) in [5.74, 6) is 0.622. The van der Waals surface area contributed by atoms with Crippen LogP contribution < -0.4 is 4.74 Å². The van der Waals surface area contributed by atoms with Gasteiger partial charge in [-0.25, -0.2) is 0 Å². The molecule has 2 aliphatic heterocycles. The molecule has 0 spiro atoms. The maximum absolute atomic E-state index is 12.5. The fourth-order valence-electron chi connectivity index (χ4n) is 3.02. The fraction of sp³-hybridized carbons (Fsp3) is 0.312. The fourth-order valence-corrected chi connectivity index (χ4v) is 3.80. The number of methoxy groups -OCH3 is 1. The first kappa shape index (κ1) is 15.1. The maximum Gasteiger partial charge on any atom is 0.289 e. The van der Waals surface area contributed by atoms with Crippen LogP contribution >= 0.6 is 11.8 Å². The number of imide groups is 1. The molecule has 0 aliphatic carbocycles. The zero-order valence-corrected chi connectivity index (χ0v) is 13.8. The Balaban J connectivity index is 1.47. The van der Waals surface area contributed by atoms with Crippen molar-refractivity contribution in [3.05, 3.63) is 30.0 Å². The molecule has 2 saturated heterocycles. The summed E-state index contributed by atoms with van der Waals surface area (Å²) in [5.41, 5.74) is 1.32. The molecule has 3 heterocycles. The summed E-state index contributed by atoms with van der Waals surface area (Å²) in [7, 11) is 1.59. The number of nitrogens with one attached hydrogen (secondary N) is 1. The van der Waals surface area contributed by atoms with E-state index in [4.69, 9.17) is 4.74 Å². The Labute approximate surface area is 141 Å². The minimum atomic E-state index is -0.213. The highest BCUT2D eigenvalue weighted by molar-refractivity contribution is 8.14.